The maximum atomic E-state index is 13.5. The van der Waals surface area contributed by atoms with Gasteiger partial charge < -0.3 is 4.74 Å². The normalized spacial score (nSPS) is 13.3. The lowest BCUT2D eigenvalue weighted by Gasteiger charge is -2.15. The largest absolute Gasteiger partial charge is 0.489 e. The third-order valence-corrected chi connectivity index (χ3v) is 4.28. The standard InChI is InChI=1S/C11H12BrClF2O3S/c1-2-7(6-19(13,16)17)5-18-11-9(12)3-8(14)4-10(11)15/h3-4,7H,2,5-6H2,1H3. The number of rotatable bonds is 6. The fourth-order valence-electron chi connectivity index (χ4n) is 1.43. The van der Waals surface area contributed by atoms with E-state index < -0.39 is 20.7 Å². The quantitative estimate of drug-likeness (QED) is 0.710. The van der Waals surface area contributed by atoms with E-state index in [9.17, 15) is 17.2 Å². The van der Waals surface area contributed by atoms with Gasteiger partial charge in [-0.3, -0.25) is 0 Å². The first-order chi connectivity index (χ1) is 8.73. The van der Waals surface area contributed by atoms with Crippen molar-refractivity contribution in [1.29, 1.82) is 0 Å². The van der Waals surface area contributed by atoms with E-state index in [4.69, 9.17) is 15.4 Å². The molecule has 0 aliphatic rings. The molecule has 0 saturated heterocycles. The molecule has 1 atom stereocenters. The van der Waals surface area contributed by atoms with Crippen molar-refractivity contribution < 1.29 is 21.9 Å². The summed E-state index contributed by atoms with van der Waals surface area (Å²) >= 11 is 2.98. The van der Waals surface area contributed by atoms with Crippen LogP contribution in [0.2, 0.25) is 0 Å². The van der Waals surface area contributed by atoms with E-state index in [0.717, 1.165) is 6.07 Å². The van der Waals surface area contributed by atoms with Crippen molar-refractivity contribution in [2.75, 3.05) is 12.4 Å². The van der Waals surface area contributed by atoms with Gasteiger partial charge in [-0.2, -0.15) is 0 Å². The molecule has 3 nitrogen and oxygen atoms in total. The monoisotopic (exact) mass is 376 g/mol. The molecule has 0 heterocycles. The Morgan fingerprint density at radius 3 is 2.53 bits per heavy atom. The van der Waals surface area contributed by atoms with Crippen LogP contribution in [0.15, 0.2) is 16.6 Å². The van der Waals surface area contributed by atoms with E-state index in [2.05, 4.69) is 15.9 Å². The molecule has 1 aromatic carbocycles. The molecule has 1 unspecified atom stereocenters. The number of hydrogen-bond donors (Lipinski definition) is 0. The predicted molar refractivity (Wildman–Crippen MR) is 73.0 cm³/mol. The summed E-state index contributed by atoms with van der Waals surface area (Å²) in [4.78, 5) is 0. The minimum Gasteiger partial charge on any atom is -0.489 e. The van der Waals surface area contributed by atoms with Crippen molar-refractivity contribution in [3.05, 3.63) is 28.2 Å². The molecule has 0 N–H and O–H groups in total. The highest BCUT2D eigenvalue weighted by molar-refractivity contribution is 9.10. The third kappa shape index (κ3) is 5.62. The molecule has 0 amide bonds. The van der Waals surface area contributed by atoms with Crippen LogP contribution in [0.4, 0.5) is 8.78 Å². The zero-order chi connectivity index (χ0) is 14.6. The number of benzene rings is 1. The Balaban J connectivity index is 2.76. The predicted octanol–water partition coefficient (Wildman–Crippen LogP) is 3.70. The van der Waals surface area contributed by atoms with E-state index in [-0.39, 0.29) is 28.5 Å². The highest BCUT2D eigenvalue weighted by atomic mass is 79.9. The van der Waals surface area contributed by atoms with Gasteiger partial charge in [-0.1, -0.05) is 6.92 Å². The lowest BCUT2D eigenvalue weighted by Crippen LogP contribution is -2.19. The second kappa shape index (κ2) is 6.85. The van der Waals surface area contributed by atoms with Gasteiger partial charge in [-0.25, -0.2) is 17.2 Å². The van der Waals surface area contributed by atoms with Gasteiger partial charge in [-0.05, 0) is 28.4 Å². The minimum atomic E-state index is -3.64. The molecule has 0 fully saturated rings. The minimum absolute atomic E-state index is 0.0242. The Kier molecular flexibility index (Phi) is 6.01. The van der Waals surface area contributed by atoms with Crippen molar-refractivity contribution >= 4 is 35.7 Å². The molecule has 0 aromatic heterocycles. The van der Waals surface area contributed by atoms with Crippen LogP contribution in [0.1, 0.15) is 13.3 Å². The van der Waals surface area contributed by atoms with E-state index in [0.29, 0.717) is 12.5 Å². The molecule has 0 bridgehead atoms. The van der Waals surface area contributed by atoms with Crippen LogP contribution in [0.5, 0.6) is 5.75 Å². The molecule has 0 saturated carbocycles. The van der Waals surface area contributed by atoms with Gasteiger partial charge in [0.1, 0.15) is 5.82 Å². The maximum Gasteiger partial charge on any atom is 0.232 e. The molecule has 1 aromatic rings. The zero-order valence-corrected chi connectivity index (χ0v) is 13.2. The summed E-state index contributed by atoms with van der Waals surface area (Å²) in [6, 6.07) is 1.76. The van der Waals surface area contributed by atoms with Gasteiger partial charge in [0.2, 0.25) is 9.05 Å². The highest BCUT2D eigenvalue weighted by Crippen LogP contribution is 2.29. The molecule has 0 aliphatic carbocycles. The maximum absolute atomic E-state index is 13.5. The first-order valence-corrected chi connectivity index (χ1v) is 8.69. The summed E-state index contributed by atoms with van der Waals surface area (Å²) in [5.74, 6) is -2.35. The van der Waals surface area contributed by atoms with E-state index in [1.54, 1.807) is 6.92 Å². The number of halogens is 4. The van der Waals surface area contributed by atoms with Crippen molar-refractivity contribution in [3.63, 3.8) is 0 Å². The summed E-state index contributed by atoms with van der Waals surface area (Å²) in [6.07, 6.45) is 0.506. The molecule has 108 valence electrons. The van der Waals surface area contributed by atoms with Crippen LogP contribution in [-0.4, -0.2) is 20.8 Å². The lowest BCUT2D eigenvalue weighted by atomic mass is 10.1. The molecule has 19 heavy (non-hydrogen) atoms. The first-order valence-electron chi connectivity index (χ1n) is 5.42. The summed E-state index contributed by atoms with van der Waals surface area (Å²) in [6.45, 7) is 1.75. The first kappa shape index (κ1) is 16.7. The van der Waals surface area contributed by atoms with Gasteiger partial charge in [0, 0.05) is 22.7 Å². The molecular formula is C11H12BrClF2O3S. The smallest absolute Gasteiger partial charge is 0.232 e. The third-order valence-electron chi connectivity index (χ3n) is 2.44. The van der Waals surface area contributed by atoms with Crippen LogP contribution in [0, 0.1) is 17.6 Å². The fraction of sp³-hybridized carbons (Fsp3) is 0.455. The molecule has 0 spiro atoms. The van der Waals surface area contributed by atoms with Crippen molar-refractivity contribution in [2.24, 2.45) is 5.92 Å². The van der Waals surface area contributed by atoms with Crippen LogP contribution >= 0.6 is 26.6 Å². The molecule has 0 radical (unpaired) electrons. The summed E-state index contributed by atoms with van der Waals surface area (Å²) < 4.78 is 53.6. The van der Waals surface area contributed by atoms with Gasteiger partial charge in [0.15, 0.2) is 11.6 Å². The van der Waals surface area contributed by atoms with Gasteiger partial charge in [0.25, 0.3) is 0 Å². The van der Waals surface area contributed by atoms with Crippen LogP contribution in [0.3, 0.4) is 0 Å². The Labute approximate surface area is 123 Å². The average Bonchev–Trinajstić information content (AvgIpc) is 2.24. The van der Waals surface area contributed by atoms with E-state index in [1.807, 2.05) is 0 Å². The summed E-state index contributed by atoms with van der Waals surface area (Å²) in [5, 5.41) is 0. The Bertz CT molecular complexity index is 528. The Hall–Kier alpha value is -0.400. The van der Waals surface area contributed by atoms with Crippen molar-refractivity contribution in [1.82, 2.24) is 0 Å². The second-order valence-electron chi connectivity index (χ2n) is 3.99. The van der Waals surface area contributed by atoms with Crippen LogP contribution in [0.25, 0.3) is 0 Å². The van der Waals surface area contributed by atoms with Gasteiger partial charge >= 0.3 is 0 Å². The SMILES string of the molecule is CCC(COc1c(F)cc(F)cc1Br)CS(=O)(=O)Cl. The van der Waals surface area contributed by atoms with Crippen LogP contribution < -0.4 is 4.74 Å². The van der Waals surface area contributed by atoms with Crippen molar-refractivity contribution in [2.45, 2.75) is 13.3 Å². The van der Waals surface area contributed by atoms with Crippen LogP contribution in [-0.2, 0) is 9.05 Å². The Morgan fingerprint density at radius 1 is 1.42 bits per heavy atom. The average molecular weight is 378 g/mol. The topological polar surface area (TPSA) is 43.4 Å². The highest BCUT2D eigenvalue weighted by Gasteiger charge is 2.18. The van der Waals surface area contributed by atoms with Gasteiger partial charge in [0.05, 0.1) is 16.8 Å². The zero-order valence-electron chi connectivity index (χ0n) is 10.00. The Morgan fingerprint density at radius 2 is 2.05 bits per heavy atom. The lowest BCUT2D eigenvalue weighted by molar-refractivity contribution is 0.245. The summed E-state index contributed by atoms with van der Waals surface area (Å²) in [7, 11) is 1.52. The molecule has 8 heteroatoms. The number of hydrogen-bond acceptors (Lipinski definition) is 3. The summed E-state index contributed by atoms with van der Waals surface area (Å²) in [5.41, 5.74) is 0. The van der Waals surface area contributed by atoms with E-state index >= 15 is 0 Å². The molecule has 1 rings (SSSR count). The number of ether oxygens (including phenoxy) is 1. The fourth-order valence-corrected chi connectivity index (χ4v) is 3.39. The van der Waals surface area contributed by atoms with Crippen molar-refractivity contribution in [3.8, 4) is 5.75 Å². The molecule has 0 aliphatic heterocycles. The second-order valence-corrected chi connectivity index (χ2v) is 7.67. The van der Waals surface area contributed by atoms with E-state index in [1.165, 1.54) is 0 Å². The van der Waals surface area contributed by atoms with Gasteiger partial charge in [-0.15, -0.1) is 0 Å². The molecular weight excluding hydrogens is 366 g/mol.